The van der Waals surface area contributed by atoms with E-state index in [9.17, 15) is 45.5 Å². The van der Waals surface area contributed by atoms with Crippen LogP contribution in [0, 0.1) is 11.8 Å². The van der Waals surface area contributed by atoms with Crippen LogP contribution >= 0.6 is 0 Å². The minimum atomic E-state index is -5.22. The Bertz CT molecular complexity index is 865. The maximum absolute atomic E-state index is 13.1. The predicted molar refractivity (Wildman–Crippen MR) is 96.4 cm³/mol. The van der Waals surface area contributed by atoms with E-state index in [0.29, 0.717) is 0 Å². The van der Waals surface area contributed by atoms with Crippen LogP contribution in [0.5, 0.6) is 0 Å². The fourth-order valence-electron chi connectivity index (χ4n) is 2.81. The lowest BCUT2D eigenvalue weighted by molar-refractivity contribution is -0.163. The van der Waals surface area contributed by atoms with Gasteiger partial charge >= 0.3 is 30.3 Å². The molecular weight excluding hydrogens is 468 g/mol. The van der Waals surface area contributed by atoms with Crippen LogP contribution in [0.1, 0.15) is 28.4 Å². The third-order valence-corrected chi connectivity index (χ3v) is 4.55. The quantitative estimate of drug-likeness (QED) is 0.273. The average Bonchev–Trinajstić information content (AvgIpc) is 2.74. The molecule has 8 nitrogen and oxygen atoms in total. The van der Waals surface area contributed by atoms with E-state index in [-0.39, 0.29) is 18.2 Å². The molecule has 0 fully saturated rings. The summed E-state index contributed by atoms with van der Waals surface area (Å²) in [5.74, 6) is -8.32. The van der Waals surface area contributed by atoms with Crippen molar-refractivity contribution < 1.29 is 59.7 Å². The van der Waals surface area contributed by atoms with E-state index in [1.807, 2.05) is 5.32 Å². The molecule has 0 spiro atoms. The summed E-state index contributed by atoms with van der Waals surface area (Å²) in [7, 11) is 2.70. The fourth-order valence-corrected chi connectivity index (χ4v) is 2.81. The van der Waals surface area contributed by atoms with Gasteiger partial charge in [-0.2, -0.15) is 26.3 Å². The second-order valence-electron chi connectivity index (χ2n) is 6.65. The normalized spacial score (nSPS) is 13.7. The molecule has 0 aliphatic rings. The highest BCUT2D eigenvalue weighted by Crippen LogP contribution is 2.36. The number of methoxy groups -OCH3 is 3. The molecule has 0 saturated heterocycles. The lowest BCUT2D eigenvalue weighted by Crippen LogP contribution is -2.51. The minimum Gasteiger partial charge on any atom is -0.468 e. The summed E-state index contributed by atoms with van der Waals surface area (Å²) in [4.78, 5) is 48.7. The van der Waals surface area contributed by atoms with E-state index in [2.05, 4.69) is 14.2 Å². The first kappa shape index (κ1) is 27.7. The van der Waals surface area contributed by atoms with Gasteiger partial charge in [0.1, 0.15) is 6.04 Å². The molecule has 0 bridgehead atoms. The summed E-state index contributed by atoms with van der Waals surface area (Å²) in [6, 6.07) is -1.72. The van der Waals surface area contributed by atoms with Gasteiger partial charge in [-0.3, -0.25) is 14.4 Å². The topological polar surface area (TPSA) is 108 Å². The Hall–Kier alpha value is -3.32. The highest BCUT2D eigenvalue weighted by Gasteiger charge is 2.43. The molecule has 0 aliphatic heterocycles. The SMILES string of the molecule is COC(=O)C(C(=O)OC)[C@H](C)[C@@H](NC(=O)c1cc(C(F)(F)F)cc(C(F)(F)F)c1)C(=O)OC. The summed E-state index contributed by atoms with van der Waals surface area (Å²) in [5, 5.41) is 1.92. The third kappa shape index (κ3) is 6.83. The molecule has 0 unspecified atom stereocenters. The number of benzene rings is 1. The van der Waals surface area contributed by atoms with Crippen LogP contribution in [0.25, 0.3) is 0 Å². The zero-order valence-electron chi connectivity index (χ0n) is 17.6. The molecule has 14 heteroatoms. The summed E-state index contributed by atoms with van der Waals surface area (Å²) in [5.41, 5.74) is -4.59. The van der Waals surface area contributed by atoms with Crippen LogP contribution in [0.4, 0.5) is 26.3 Å². The van der Waals surface area contributed by atoms with Gasteiger partial charge in [0.25, 0.3) is 5.91 Å². The molecule has 0 heterocycles. The van der Waals surface area contributed by atoms with Crippen molar-refractivity contribution in [2.75, 3.05) is 21.3 Å². The Labute approximate surface area is 183 Å². The molecule has 1 aromatic rings. The minimum absolute atomic E-state index is 0.154. The maximum atomic E-state index is 13.1. The van der Waals surface area contributed by atoms with E-state index in [4.69, 9.17) is 0 Å². The van der Waals surface area contributed by atoms with Crippen molar-refractivity contribution in [3.8, 4) is 0 Å². The molecule has 2 atom stereocenters. The lowest BCUT2D eigenvalue weighted by Gasteiger charge is -2.27. The number of rotatable bonds is 7. The van der Waals surface area contributed by atoms with Crippen molar-refractivity contribution in [1.82, 2.24) is 5.32 Å². The molecule has 184 valence electrons. The highest BCUT2D eigenvalue weighted by atomic mass is 19.4. The maximum Gasteiger partial charge on any atom is 0.416 e. The molecule has 0 aromatic heterocycles. The van der Waals surface area contributed by atoms with Crippen molar-refractivity contribution >= 4 is 23.8 Å². The largest absolute Gasteiger partial charge is 0.468 e. The molecule has 1 amide bonds. The number of esters is 3. The molecule has 1 N–H and O–H groups in total. The smallest absolute Gasteiger partial charge is 0.416 e. The van der Waals surface area contributed by atoms with E-state index in [1.54, 1.807) is 0 Å². The van der Waals surface area contributed by atoms with Gasteiger partial charge < -0.3 is 19.5 Å². The Kier molecular flexibility index (Phi) is 8.84. The first-order chi connectivity index (χ1) is 15.1. The van der Waals surface area contributed by atoms with Gasteiger partial charge in [0, 0.05) is 11.5 Å². The summed E-state index contributed by atoms with van der Waals surface area (Å²) >= 11 is 0. The van der Waals surface area contributed by atoms with Crippen LogP contribution in [-0.2, 0) is 40.9 Å². The molecule has 0 aliphatic carbocycles. The molecule has 1 rings (SSSR count). The third-order valence-electron chi connectivity index (χ3n) is 4.55. The Balaban J connectivity index is 3.47. The average molecular weight is 487 g/mol. The number of carbonyl (C=O) groups is 4. The van der Waals surface area contributed by atoms with Crippen molar-refractivity contribution in [3.63, 3.8) is 0 Å². The Morgan fingerprint density at radius 1 is 0.758 bits per heavy atom. The summed E-state index contributed by atoms with van der Waals surface area (Å²) < 4.78 is 91.8. The fraction of sp³-hybridized carbons (Fsp3) is 0.474. The number of alkyl halides is 6. The van der Waals surface area contributed by atoms with Gasteiger partial charge in [0.05, 0.1) is 32.5 Å². The van der Waals surface area contributed by atoms with Crippen LogP contribution in [-0.4, -0.2) is 51.2 Å². The second kappa shape index (κ2) is 10.5. The summed E-state index contributed by atoms with van der Waals surface area (Å²) in [6.07, 6.45) is -10.4. The van der Waals surface area contributed by atoms with Crippen LogP contribution in [0.2, 0.25) is 0 Å². The zero-order chi connectivity index (χ0) is 25.7. The molecular formula is C19H19F6NO7. The van der Waals surface area contributed by atoms with E-state index < -0.39 is 70.7 Å². The predicted octanol–water partition coefficient (Wildman–Crippen LogP) is 2.59. The van der Waals surface area contributed by atoms with Crippen LogP contribution in [0.15, 0.2) is 18.2 Å². The van der Waals surface area contributed by atoms with Gasteiger partial charge in [0.2, 0.25) is 0 Å². The molecule has 0 radical (unpaired) electrons. The molecule has 1 aromatic carbocycles. The zero-order valence-corrected chi connectivity index (χ0v) is 17.6. The van der Waals surface area contributed by atoms with E-state index in [0.717, 1.165) is 28.3 Å². The van der Waals surface area contributed by atoms with Gasteiger partial charge in [-0.1, -0.05) is 6.92 Å². The Morgan fingerprint density at radius 2 is 1.15 bits per heavy atom. The van der Waals surface area contributed by atoms with Gasteiger partial charge in [-0.25, -0.2) is 4.79 Å². The van der Waals surface area contributed by atoms with Gasteiger partial charge in [-0.05, 0) is 18.2 Å². The van der Waals surface area contributed by atoms with E-state index in [1.165, 1.54) is 0 Å². The standard InChI is InChI=1S/C19H19F6NO7/c1-8(12(15(28)31-2)16(29)32-3)13(17(30)33-4)26-14(27)9-5-10(18(20,21)22)7-11(6-9)19(23,24)25/h5-8,12-13H,1-4H3,(H,26,27)/t8-,13+/m0/s1. The van der Waals surface area contributed by atoms with Gasteiger partial charge in [-0.15, -0.1) is 0 Å². The second-order valence-corrected chi connectivity index (χ2v) is 6.65. The number of amides is 1. The van der Waals surface area contributed by atoms with Crippen LogP contribution < -0.4 is 5.32 Å². The van der Waals surface area contributed by atoms with Gasteiger partial charge in [0.15, 0.2) is 5.92 Å². The number of halogens is 6. The summed E-state index contributed by atoms with van der Waals surface area (Å²) in [6.45, 7) is 1.12. The molecule has 33 heavy (non-hydrogen) atoms. The monoisotopic (exact) mass is 487 g/mol. The van der Waals surface area contributed by atoms with Crippen molar-refractivity contribution in [3.05, 3.63) is 34.9 Å². The molecule has 0 saturated carbocycles. The number of carbonyl (C=O) groups excluding carboxylic acids is 4. The van der Waals surface area contributed by atoms with Crippen molar-refractivity contribution in [2.24, 2.45) is 11.8 Å². The van der Waals surface area contributed by atoms with E-state index >= 15 is 0 Å². The first-order valence-corrected chi connectivity index (χ1v) is 8.92. The van der Waals surface area contributed by atoms with Crippen molar-refractivity contribution in [2.45, 2.75) is 25.3 Å². The Morgan fingerprint density at radius 3 is 1.48 bits per heavy atom. The van der Waals surface area contributed by atoms with Crippen molar-refractivity contribution in [1.29, 1.82) is 0 Å². The van der Waals surface area contributed by atoms with Crippen LogP contribution in [0.3, 0.4) is 0 Å². The highest BCUT2D eigenvalue weighted by molar-refractivity contribution is 5.99. The first-order valence-electron chi connectivity index (χ1n) is 8.92. The number of ether oxygens (including phenoxy) is 3. The number of hydrogen-bond donors (Lipinski definition) is 1. The lowest BCUT2D eigenvalue weighted by atomic mass is 9.87. The number of hydrogen-bond acceptors (Lipinski definition) is 7. The number of nitrogens with one attached hydrogen (secondary N) is 1.